The smallest absolute Gasteiger partial charge is 0.338 e. The number of carbonyl (C=O) groups is 1. The third-order valence-electron chi connectivity index (χ3n) is 1.53. The number of esters is 1. The molecule has 78 valence electrons. The van der Waals surface area contributed by atoms with Gasteiger partial charge in [0.1, 0.15) is 6.61 Å². The molecule has 14 heavy (non-hydrogen) atoms. The van der Waals surface area contributed by atoms with Gasteiger partial charge in [-0.3, -0.25) is 0 Å². The van der Waals surface area contributed by atoms with Gasteiger partial charge in [0.05, 0.1) is 12.2 Å². The van der Waals surface area contributed by atoms with Gasteiger partial charge in [0.15, 0.2) is 0 Å². The number of hydrogen-bond donors (Lipinski definition) is 1. The van der Waals surface area contributed by atoms with Crippen LogP contribution in [-0.4, -0.2) is 26.3 Å². The SMILES string of the molecule is COCCOC(=O)c1ccccc1.N. The summed E-state index contributed by atoms with van der Waals surface area (Å²) in [4.78, 5) is 11.2. The quantitative estimate of drug-likeness (QED) is 0.588. The minimum Gasteiger partial charge on any atom is -0.460 e. The maximum Gasteiger partial charge on any atom is 0.338 e. The van der Waals surface area contributed by atoms with Crippen LogP contribution in [0.25, 0.3) is 0 Å². The van der Waals surface area contributed by atoms with Crippen LogP contribution in [0, 0.1) is 0 Å². The first-order valence-electron chi connectivity index (χ1n) is 4.05. The maximum absolute atomic E-state index is 11.2. The average molecular weight is 197 g/mol. The standard InChI is InChI=1S/C10H12O3.H3N/c1-12-7-8-13-10(11)9-5-3-2-4-6-9;/h2-6H,7-8H2,1H3;1H3. The Morgan fingerprint density at radius 2 is 1.86 bits per heavy atom. The van der Waals surface area contributed by atoms with Crippen molar-refractivity contribution in [3.63, 3.8) is 0 Å². The highest BCUT2D eigenvalue weighted by atomic mass is 16.6. The summed E-state index contributed by atoms with van der Waals surface area (Å²) in [7, 11) is 1.57. The molecule has 0 saturated carbocycles. The summed E-state index contributed by atoms with van der Waals surface area (Å²) >= 11 is 0. The molecule has 0 bridgehead atoms. The van der Waals surface area contributed by atoms with Crippen LogP contribution in [0.1, 0.15) is 10.4 Å². The molecule has 0 spiro atoms. The first kappa shape index (κ1) is 12.6. The van der Waals surface area contributed by atoms with Gasteiger partial charge in [0, 0.05) is 7.11 Å². The summed E-state index contributed by atoms with van der Waals surface area (Å²) in [5, 5.41) is 0. The van der Waals surface area contributed by atoms with Gasteiger partial charge in [-0.25, -0.2) is 4.79 Å². The van der Waals surface area contributed by atoms with Gasteiger partial charge < -0.3 is 15.6 Å². The molecule has 0 heterocycles. The average Bonchev–Trinajstić information content (AvgIpc) is 2.19. The fourth-order valence-corrected chi connectivity index (χ4v) is 0.875. The highest BCUT2D eigenvalue weighted by molar-refractivity contribution is 5.89. The Kier molecular flexibility index (Phi) is 6.36. The van der Waals surface area contributed by atoms with Crippen molar-refractivity contribution in [2.24, 2.45) is 0 Å². The van der Waals surface area contributed by atoms with Gasteiger partial charge in [0.25, 0.3) is 0 Å². The zero-order chi connectivity index (χ0) is 9.52. The molecule has 0 fully saturated rings. The largest absolute Gasteiger partial charge is 0.460 e. The molecule has 4 heteroatoms. The molecular formula is C10H15NO3. The molecule has 0 radical (unpaired) electrons. The zero-order valence-corrected chi connectivity index (χ0v) is 8.23. The van der Waals surface area contributed by atoms with E-state index in [-0.39, 0.29) is 12.1 Å². The van der Waals surface area contributed by atoms with Crippen molar-refractivity contribution >= 4 is 5.97 Å². The van der Waals surface area contributed by atoms with E-state index in [1.807, 2.05) is 6.07 Å². The number of carbonyl (C=O) groups excluding carboxylic acids is 1. The highest BCUT2D eigenvalue weighted by Gasteiger charge is 2.04. The van der Waals surface area contributed by atoms with E-state index in [4.69, 9.17) is 9.47 Å². The molecule has 3 N–H and O–H groups in total. The lowest BCUT2D eigenvalue weighted by molar-refractivity contribution is 0.0388. The predicted octanol–water partition coefficient (Wildman–Crippen LogP) is 1.65. The van der Waals surface area contributed by atoms with Crippen LogP contribution in [-0.2, 0) is 9.47 Å². The van der Waals surface area contributed by atoms with E-state index < -0.39 is 0 Å². The molecule has 0 aliphatic carbocycles. The van der Waals surface area contributed by atoms with E-state index in [1.165, 1.54) is 0 Å². The third kappa shape index (κ3) is 4.02. The van der Waals surface area contributed by atoms with Crippen molar-refractivity contribution in [2.75, 3.05) is 20.3 Å². The second-order valence-corrected chi connectivity index (χ2v) is 2.49. The van der Waals surface area contributed by atoms with Gasteiger partial charge in [-0.05, 0) is 12.1 Å². The van der Waals surface area contributed by atoms with Gasteiger partial charge >= 0.3 is 5.97 Å². The van der Waals surface area contributed by atoms with Gasteiger partial charge in [-0.15, -0.1) is 0 Å². The molecule has 1 aromatic carbocycles. The van der Waals surface area contributed by atoms with Crippen LogP contribution in [0.3, 0.4) is 0 Å². The molecule has 0 atom stereocenters. The van der Waals surface area contributed by atoms with Gasteiger partial charge in [-0.2, -0.15) is 0 Å². The highest BCUT2D eigenvalue weighted by Crippen LogP contribution is 2.00. The first-order valence-corrected chi connectivity index (χ1v) is 4.05. The molecule has 1 rings (SSSR count). The van der Waals surface area contributed by atoms with Crippen LogP contribution >= 0.6 is 0 Å². The van der Waals surface area contributed by atoms with Gasteiger partial charge in [0.2, 0.25) is 0 Å². The summed E-state index contributed by atoms with van der Waals surface area (Å²) in [5.74, 6) is -0.308. The zero-order valence-electron chi connectivity index (χ0n) is 8.23. The maximum atomic E-state index is 11.2. The Labute approximate surface area is 83.4 Å². The Balaban J connectivity index is 0.00000169. The van der Waals surface area contributed by atoms with E-state index in [0.29, 0.717) is 18.8 Å². The summed E-state index contributed by atoms with van der Waals surface area (Å²) in [6.07, 6.45) is 0. The third-order valence-corrected chi connectivity index (χ3v) is 1.53. The molecular weight excluding hydrogens is 182 g/mol. The molecule has 0 unspecified atom stereocenters. The Bertz CT molecular complexity index is 261. The Morgan fingerprint density at radius 1 is 1.21 bits per heavy atom. The van der Waals surface area contributed by atoms with Crippen LogP contribution in [0.2, 0.25) is 0 Å². The van der Waals surface area contributed by atoms with Gasteiger partial charge in [-0.1, -0.05) is 18.2 Å². The van der Waals surface area contributed by atoms with E-state index in [2.05, 4.69) is 0 Å². The van der Waals surface area contributed by atoms with E-state index in [0.717, 1.165) is 0 Å². The van der Waals surface area contributed by atoms with Crippen molar-refractivity contribution < 1.29 is 14.3 Å². The summed E-state index contributed by atoms with van der Waals surface area (Å²) in [6, 6.07) is 8.88. The molecule has 0 saturated heterocycles. The fourth-order valence-electron chi connectivity index (χ4n) is 0.875. The normalized spacial score (nSPS) is 8.93. The minimum absolute atomic E-state index is 0. The first-order chi connectivity index (χ1) is 6.34. The number of rotatable bonds is 4. The molecule has 0 amide bonds. The van der Waals surface area contributed by atoms with Crippen LogP contribution in [0.5, 0.6) is 0 Å². The number of hydrogen-bond acceptors (Lipinski definition) is 4. The minimum atomic E-state index is -0.308. The van der Waals surface area contributed by atoms with E-state index in [1.54, 1.807) is 31.4 Å². The number of benzene rings is 1. The lowest BCUT2D eigenvalue weighted by Crippen LogP contribution is -2.09. The fraction of sp³-hybridized carbons (Fsp3) is 0.300. The monoisotopic (exact) mass is 197 g/mol. The van der Waals surface area contributed by atoms with Crippen LogP contribution in [0.15, 0.2) is 30.3 Å². The van der Waals surface area contributed by atoms with Crippen molar-refractivity contribution in [1.82, 2.24) is 6.15 Å². The molecule has 0 aliphatic rings. The Hall–Kier alpha value is -1.39. The second-order valence-electron chi connectivity index (χ2n) is 2.49. The van der Waals surface area contributed by atoms with Crippen LogP contribution in [0.4, 0.5) is 0 Å². The lowest BCUT2D eigenvalue weighted by Gasteiger charge is -2.02. The Morgan fingerprint density at radius 3 is 2.43 bits per heavy atom. The predicted molar refractivity (Wildman–Crippen MR) is 53.6 cm³/mol. The number of methoxy groups -OCH3 is 1. The summed E-state index contributed by atoms with van der Waals surface area (Å²) in [5.41, 5.74) is 0.568. The molecule has 4 nitrogen and oxygen atoms in total. The number of ether oxygens (including phenoxy) is 2. The van der Waals surface area contributed by atoms with E-state index in [9.17, 15) is 4.79 Å². The van der Waals surface area contributed by atoms with Crippen molar-refractivity contribution in [2.45, 2.75) is 0 Å². The molecule has 0 aliphatic heterocycles. The summed E-state index contributed by atoms with van der Waals surface area (Å²) < 4.78 is 9.66. The van der Waals surface area contributed by atoms with Crippen molar-refractivity contribution in [3.8, 4) is 0 Å². The molecule has 0 aromatic heterocycles. The van der Waals surface area contributed by atoms with Crippen LogP contribution < -0.4 is 6.15 Å². The van der Waals surface area contributed by atoms with E-state index >= 15 is 0 Å². The lowest BCUT2D eigenvalue weighted by atomic mass is 10.2. The molecule has 1 aromatic rings. The second kappa shape index (κ2) is 7.06. The van der Waals surface area contributed by atoms with Crippen molar-refractivity contribution in [1.29, 1.82) is 0 Å². The topological polar surface area (TPSA) is 70.5 Å². The van der Waals surface area contributed by atoms with Crippen molar-refractivity contribution in [3.05, 3.63) is 35.9 Å². The summed E-state index contributed by atoms with van der Waals surface area (Å²) in [6.45, 7) is 0.725.